The van der Waals surface area contributed by atoms with Crippen molar-refractivity contribution in [3.8, 4) is 5.75 Å². The summed E-state index contributed by atoms with van der Waals surface area (Å²) in [5, 5.41) is 11.5. The van der Waals surface area contributed by atoms with Gasteiger partial charge in [0, 0.05) is 10.0 Å². The average molecular weight is 571 g/mol. The summed E-state index contributed by atoms with van der Waals surface area (Å²) in [6.07, 6.45) is 0. The molecule has 1 aliphatic rings. The quantitative estimate of drug-likeness (QED) is 0.184. The van der Waals surface area contributed by atoms with E-state index in [1.54, 1.807) is 57.2 Å². The van der Waals surface area contributed by atoms with Crippen LogP contribution in [0.5, 0.6) is 5.75 Å². The van der Waals surface area contributed by atoms with Gasteiger partial charge >= 0.3 is 11.9 Å². The Kier molecular flexibility index (Phi) is 7.28. The number of ether oxygens (including phenoxy) is 2. The van der Waals surface area contributed by atoms with E-state index in [2.05, 4.69) is 20.9 Å². The van der Waals surface area contributed by atoms with Gasteiger partial charge in [0.1, 0.15) is 16.4 Å². The zero-order valence-corrected chi connectivity index (χ0v) is 22.4. The summed E-state index contributed by atoms with van der Waals surface area (Å²) in [6, 6.07) is 11.2. The van der Waals surface area contributed by atoms with Crippen LogP contribution >= 0.6 is 27.3 Å². The zero-order valence-electron chi connectivity index (χ0n) is 20.0. The van der Waals surface area contributed by atoms with Gasteiger partial charge in [-0.1, -0.05) is 39.4 Å². The summed E-state index contributed by atoms with van der Waals surface area (Å²) in [5.41, 5.74) is 1.96. The lowest BCUT2D eigenvalue weighted by molar-refractivity contribution is -0.132. The molecule has 1 aromatic heterocycles. The van der Waals surface area contributed by atoms with Gasteiger partial charge in [0.15, 0.2) is 5.13 Å². The smallest absolute Gasteiger partial charge is 0.350 e. The lowest BCUT2D eigenvalue weighted by atomic mass is 9.94. The Labute approximate surface area is 220 Å². The molecular formula is C26H23BrN2O6S. The zero-order chi connectivity index (χ0) is 26.1. The van der Waals surface area contributed by atoms with Crippen molar-refractivity contribution < 1.29 is 29.0 Å². The second-order valence-corrected chi connectivity index (χ2v) is 9.93. The van der Waals surface area contributed by atoms with E-state index >= 15 is 0 Å². The third-order valence-corrected chi connectivity index (χ3v) is 7.38. The van der Waals surface area contributed by atoms with Crippen LogP contribution in [0.2, 0.25) is 0 Å². The molecule has 0 spiro atoms. The molecule has 1 aliphatic heterocycles. The van der Waals surface area contributed by atoms with Gasteiger partial charge in [-0.15, -0.1) is 0 Å². The maximum absolute atomic E-state index is 13.4. The number of halogens is 1. The molecule has 8 nitrogen and oxygen atoms in total. The summed E-state index contributed by atoms with van der Waals surface area (Å²) in [5.74, 6) is -1.96. The Morgan fingerprint density at radius 3 is 2.58 bits per heavy atom. The molecule has 2 aromatic carbocycles. The Morgan fingerprint density at radius 1 is 1.19 bits per heavy atom. The number of Topliss-reactive ketones (excluding diaryl/α,β-unsaturated/α-hetero) is 1. The minimum Gasteiger partial charge on any atom is -0.507 e. The van der Waals surface area contributed by atoms with Crippen molar-refractivity contribution in [3.63, 3.8) is 0 Å². The Morgan fingerprint density at radius 2 is 1.94 bits per heavy atom. The first-order valence-corrected chi connectivity index (χ1v) is 12.6. The van der Waals surface area contributed by atoms with Gasteiger partial charge in [0.05, 0.1) is 31.0 Å². The van der Waals surface area contributed by atoms with Gasteiger partial charge in [-0.05, 0) is 62.2 Å². The third kappa shape index (κ3) is 4.54. The van der Waals surface area contributed by atoms with Crippen molar-refractivity contribution >= 4 is 55.8 Å². The fourth-order valence-corrected chi connectivity index (χ4v) is 5.47. The number of benzene rings is 2. The van der Waals surface area contributed by atoms with Gasteiger partial charge in [0.2, 0.25) is 0 Å². The number of esters is 1. The molecule has 1 fully saturated rings. The van der Waals surface area contributed by atoms with Crippen LogP contribution in [0.4, 0.5) is 5.13 Å². The van der Waals surface area contributed by atoms with E-state index in [-0.39, 0.29) is 27.9 Å². The van der Waals surface area contributed by atoms with Gasteiger partial charge in [-0.25, -0.2) is 9.78 Å². The van der Waals surface area contributed by atoms with E-state index in [1.165, 1.54) is 12.0 Å². The van der Waals surface area contributed by atoms with Crippen LogP contribution in [0.3, 0.4) is 0 Å². The van der Waals surface area contributed by atoms with Crippen molar-refractivity contribution in [1.82, 2.24) is 4.98 Å². The Bertz CT molecular complexity index is 1410. The number of hydrogen-bond acceptors (Lipinski definition) is 8. The summed E-state index contributed by atoms with van der Waals surface area (Å²) >= 11 is 4.41. The number of carbonyl (C=O) groups is 3. The van der Waals surface area contributed by atoms with Crippen LogP contribution in [0.1, 0.15) is 45.0 Å². The predicted octanol–water partition coefficient (Wildman–Crippen LogP) is 5.33. The number of ketones is 1. The number of methoxy groups -OCH3 is 1. The fraction of sp³-hybridized carbons (Fsp3) is 0.231. The molecule has 10 heteroatoms. The number of aliphatic hydroxyl groups is 1. The molecule has 1 N–H and O–H groups in total. The molecule has 4 rings (SSSR count). The number of aromatic nitrogens is 1. The first-order chi connectivity index (χ1) is 17.2. The first-order valence-electron chi connectivity index (χ1n) is 11.0. The Hall–Kier alpha value is -3.50. The molecular weight excluding hydrogens is 548 g/mol. The van der Waals surface area contributed by atoms with E-state index in [4.69, 9.17) is 9.47 Å². The molecule has 0 unspecified atom stereocenters. The normalized spacial score (nSPS) is 16.9. The largest absolute Gasteiger partial charge is 0.507 e. The fourth-order valence-electron chi connectivity index (χ4n) is 4.07. The van der Waals surface area contributed by atoms with Gasteiger partial charge in [-0.3, -0.25) is 14.5 Å². The monoisotopic (exact) mass is 570 g/mol. The summed E-state index contributed by atoms with van der Waals surface area (Å²) in [6.45, 7) is 5.30. The van der Waals surface area contributed by atoms with E-state index in [9.17, 15) is 19.5 Å². The number of anilines is 1. The van der Waals surface area contributed by atoms with Crippen molar-refractivity contribution in [1.29, 1.82) is 0 Å². The number of aryl methyl sites for hydroxylation is 2. The van der Waals surface area contributed by atoms with Crippen LogP contribution < -0.4 is 9.64 Å². The standard InChI is InChI=1S/C26H23BrN2O6S/c1-5-35-25(33)23-14(3)28-26(36-23)29-20(15-7-6-8-16(27)12-15)19(22(31)24(29)32)21(30)18-10-9-17(34-4)11-13(18)2/h6-12,20,30H,5H2,1-4H3/t20-/m0/s1. The van der Waals surface area contributed by atoms with Gasteiger partial charge in [0.25, 0.3) is 5.78 Å². The number of aliphatic hydroxyl groups excluding tert-OH is 1. The highest BCUT2D eigenvalue weighted by molar-refractivity contribution is 9.10. The molecule has 1 atom stereocenters. The van der Waals surface area contributed by atoms with Crippen LogP contribution in [0.15, 0.2) is 52.5 Å². The lowest BCUT2D eigenvalue weighted by Gasteiger charge is -2.23. The number of hydrogen-bond donors (Lipinski definition) is 1. The van der Waals surface area contributed by atoms with E-state index in [1.807, 2.05) is 6.07 Å². The number of rotatable bonds is 6. The van der Waals surface area contributed by atoms with Crippen LogP contribution in [0.25, 0.3) is 5.76 Å². The molecule has 1 amide bonds. The molecule has 3 aromatic rings. The lowest BCUT2D eigenvalue weighted by Crippen LogP contribution is -2.29. The molecule has 0 radical (unpaired) electrons. The average Bonchev–Trinajstić information content (AvgIpc) is 3.35. The number of amides is 1. The number of nitrogens with zero attached hydrogens (tertiary/aromatic N) is 2. The van der Waals surface area contributed by atoms with Crippen LogP contribution in [0, 0.1) is 13.8 Å². The molecule has 0 bridgehead atoms. The second kappa shape index (κ2) is 10.2. The summed E-state index contributed by atoms with van der Waals surface area (Å²) in [7, 11) is 1.54. The van der Waals surface area contributed by atoms with Gasteiger partial charge in [-0.2, -0.15) is 0 Å². The predicted molar refractivity (Wildman–Crippen MR) is 139 cm³/mol. The highest BCUT2D eigenvalue weighted by Crippen LogP contribution is 2.44. The minimum absolute atomic E-state index is 0.0723. The first kappa shape index (κ1) is 25.6. The Balaban J connectivity index is 1.93. The van der Waals surface area contributed by atoms with E-state index in [0.717, 1.165) is 15.8 Å². The van der Waals surface area contributed by atoms with Crippen LogP contribution in [-0.4, -0.2) is 41.5 Å². The van der Waals surface area contributed by atoms with E-state index < -0.39 is 23.7 Å². The van der Waals surface area contributed by atoms with Crippen molar-refractivity contribution in [2.45, 2.75) is 26.8 Å². The highest BCUT2D eigenvalue weighted by atomic mass is 79.9. The number of thiazole rings is 1. The van der Waals surface area contributed by atoms with Crippen molar-refractivity contribution in [3.05, 3.63) is 79.8 Å². The molecule has 186 valence electrons. The molecule has 1 saturated heterocycles. The summed E-state index contributed by atoms with van der Waals surface area (Å²) < 4.78 is 11.1. The molecule has 36 heavy (non-hydrogen) atoms. The van der Waals surface area contributed by atoms with Gasteiger partial charge < -0.3 is 14.6 Å². The van der Waals surface area contributed by atoms with E-state index in [0.29, 0.717) is 28.1 Å². The molecule has 0 aliphatic carbocycles. The van der Waals surface area contributed by atoms with Crippen molar-refractivity contribution in [2.75, 3.05) is 18.6 Å². The van der Waals surface area contributed by atoms with Crippen LogP contribution in [-0.2, 0) is 14.3 Å². The SMILES string of the molecule is CCOC(=O)c1sc(N2C(=O)C(=O)C(=C(O)c3ccc(OC)cc3C)[C@@H]2c2cccc(Br)c2)nc1C. The molecule has 2 heterocycles. The highest BCUT2D eigenvalue weighted by Gasteiger charge is 2.48. The second-order valence-electron chi connectivity index (χ2n) is 8.04. The minimum atomic E-state index is -0.968. The third-order valence-electron chi connectivity index (χ3n) is 5.75. The summed E-state index contributed by atoms with van der Waals surface area (Å²) in [4.78, 5) is 45.0. The maximum atomic E-state index is 13.4. The number of carbonyl (C=O) groups excluding carboxylic acids is 3. The maximum Gasteiger partial charge on any atom is 0.350 e. The van der Waals surface area contributed by atoms with Crippen molar-refractivity contribution in [2.24, 2.45) is 0 Å². The topological polar surface area (TPSA) is 106 Å². The molecule has 0 saturated carbocycles.